The fourth-order valence-electron chi connectivity index (χ4n) is 5.87. The van der Waals surface area contributed by atoms with E-state index >= 15 is 0 Å². The third-order valence-corrected chi connectivity index (χ3v) is 7.72. The quantitative estimate of drug-likeness (QED) is 0.495. The van der Waals surface area contributed by atoms with Crippen LogP contribution in [0.2, 0.25) is 0 Å². The first-order valence-corrected chi connectivity index (χ1v) is 12.2. The van der Waals surface area contributed by atoms with Crippen molar-refractivity contribution in [3.05, 3.63) is 83.0 Å². The largest absolute Gasteiger partial charge is 0.352 e. The minimum Gasteiger partial charge on any atom is -0.352 e. The van der Waals surface area contributed by atoms with Crippen molar-refractivity contribution in [2.45, 2.75) is 31.3 Å². The number of para-hydroxylation sites is 2. The monoisotopic (exact) mass is 459 g/mol. The summed E-state index contributed by atoms with van der Waals surface area (Å²) in [4.78, 5) is 18.1. The molecule has 1 spiro atoms. The number of hydrogen-bond acceptors (Lipinski definition) is 4. The number of piperidine rings is 1. The van der Waals surface area contributed by atoms with Gasteiger partial charge in [0.1, 0.15) is 11.3 Å². The Kier molecular flexibility index (Phi) is 5.38. The lowest BCUT2D eigenvalue weighted by Gasteiger charge is -2.45. The lowest BCUT2D eigenvalue weighted by molar-refractivity contribution is 0.166. The summed E-state index contributed by atoms with van der Waals surface area (Å²) in [6.07, 6.45) is 5.06. The number of aryl methyl sites for hydroxylation is 1. The van der Waals surface area contributed by atoms with Crippen LogP contribution in [-0.2, 0) is 6.54 Å². The zero-order valence-electron chi connectivity index (χ0n) is 19.3. The summed E-state index contributed by atoms with van der Waals surface area (Å²) in [6.45, 7) is 5.54. The smallest absolute Gasteiger partial charge is 0.275 e. The molecule has 0 aliphatic carbocycles. The number of hydrogen-bond donors (Lipinski definition) is 1. The van der Waals surface area contributed by atoms with Crippen LogP contribution in [0.25, 0.3) is 16.6 Å². The highest BCUT2D eigenvalue weighted by atomic mass is 19.1. The van der Waals surface area contributed by atoms with Crippen LogP contribution >= 0.6 is 0 Å². The first-order valence-electron chi connectivity index (χ1n) is 12.2. The fourth-order valence-corrected chi connectivity index (χ4v) is 5.87. The van der Waals surface area contributed by atoms with Crippen molar-refractivity contribution < 1.29 is 4.39 Å². The second-order valence-corrected chi connectivity index (χ2v) is 9.62. The summed E-state index contributed by atoms with van der Waals surface area (Å²) in [7, 11) is 0. The summed E-state index contributed by atoms with van der Waals surface area (Å²) >= 11 is 0. The Morgan fingerprint density at radius 1 is 0.882 bits per heavy atom. The summed E-state index contributed by atoms with van der Waals surface area (Å²) in [6, 6.07) is 18.8. The number of fused-ring (bicyclic) bond motifs is 3. The van der Waals surface area contributed by atoms with Crippen molar-refractivity contribution in [1.29, 1.82) is 0 Å². The van der Waals surface area contributed by atoms with E-state index in [-0.39, 0.29) is 16.9 Å². The summed E-state index contributed by atoms with van der Waals surface area (Å²) < 4.78 is 17.3. The molecule has 34 heavy (non-hydrogen) atoms. The van der Waals surface area contributed by atoms with E-state index in [9.17, 15) is 9.18 Å². The molecule has 176 valence electrons. The van der Waals surface area contributed by atoms with Crippen LogP contribution in [0.1, 0.15) is 19.3 Å². The topological polar surface area (TPSA) is 44.9 Å². The zero-order chi connectivity index (χ0) is 23.1. The van der Waals surface area contributed by atoms with Gasteiger partial charge >= 0.3 is 0 Å². The SMILES string of the molecule is O=c1c2cccn2c2ccccc2n1CCCN1CCC2(CC1)CNCN2c1ccc(F)cc1. The second kappa shape index (κ2) is 8.56. The maximum absolute atomic E-state index is 13.4. The van der Waals surface area contributed by atoms with Gasteiger partial charge in [-0.15, -0.1) is 0 Å². The lowest BCUT2D eigenvalue weighted by atomic mass is 9.86. The van der Waals surface area contributed by atoms with Crippen molar-refractivity contribution in [2.75, 3.05) is 37.7 Å². The molecule has 4 heterocycles. The van der Waals surface area contributed by atoms with E-state index < -0.39 is 0 Å². The fraction of sp³-hybridized carbons (Fsp3) is 0.370. The van der Waals surface area contributed by atoms with Crippen molar-refractivity contribution in [3.63, 3.8) is 0 Å². The number of anilines is 1. The molecule has 0 saturated carbocycles. The van der Waals surface area contributed by atoms with Gasteiger partial charge in [0.2, 0.25) is 0 Å². The van der Waals surface area contributed by atoms with Crippen LogP contribution in [0.3, 0.4) is 0 Å². The van der Waals surface area contributed by atoms with Gasteiger partial charge in [-0.05, 0) is 74.3 Å². The third-order valence-electron chi connectivity index (χ3n) is 7.72. The van der Waals surface area contributed by atoms with Crippen molar-refractivity contribution in [3.8, 4) is 0 Å². The second-order valence-electron chi connectivity index (χ2n) is 9.62. The van der Waals surface area contributed by atoms with E-state index in [0.29, 0.717) is 6.54 Å². The van der Waals surface area contributed by atoms with Gasteiger partial charge in [0, 0.05) is 38.1 Å². The molecule has 7 heteroatoms. The van der Waals surface area contributed by atoms with Crippen LogP contribution in [0.15, 0.2) is 71.7 Å². The first kappa shape index (κ1) is 21.4. The molecule has 0 unspecified atom stereocenters. The minimum absolute atomic E-state index is 0.0771. The number of likely N-dealkylation sites (tertiary alicyclic amines) is 1. The number of benzene rings is 2. The molecule has 0 radical (unpaired) electrons. The van der Waals surface area contributed by atoms with Crippen molar-refractivity contribution in [1.82, 2.24) is 19.2 Å². The Morgan fingerprint density at radius 2 is 1.62 bits per heavy atom. The highest BCUT2D eigenvalue weighted by Crippen LogP contribution is 2.35. The van der Waals surface area contributed by atoms with Gasteiger partial charge in [0.25, 0.3) is 5.56 Å². The minimum atomic E-state index is -0.192. The molecule has 2 saturated heterocycles. The summed E-state index contributed by atoms with van der Waals surface area (Å²) in [5, 5.41) is 3.53. The molecule has 2 aromatic carbocycles. The Balaban J connectivity index is 1.12. The molecule has 2 fully saturated rings. The molecule has 6 nitrogen and oxygen atoms in total. The third kappa shape index (κ3) is 3.60. The van der Waals surface area contributed by atoms with Crippen molar-refractivity contribution >= 4 is 22.2 Å². The molecule has 1 N–H and O–H groups in total. The van der Waals surface area contributed by atoms with Gasteiger partial charge < -0.3 is 18.8 Å². The van der Waals surface area contributed by atoms with E-state index in [0.717, 1.165) is 74.3 Å². The Bertz CT molecular complexity index is 1370. The Labute approximate surface area is 198 Å². The lowest BCUT2D eigenvalue weighted by Crippen LogP contribution is -2.54. The van der Waals surface area contributed by atoms with Crippen LogP contribution in [0, 0.1) is 5.82 Å². The average Bonchev–Trinajstić information content (AvgIpc) is 3.51. The van der Waals surface area contributed by atoms with Crippen molar-refractivity contribution in [2.24, 2.45) is 0 Å². The molecular formula is C27H30FN5O. The van der Waals surface area contributed by atoms with Crippen LogP contribution in [0.4, 0.5) is 10.1 Å². The molecule has 0 bridgehead atoms. The maximum atomic E-state index is 13.4. The first-order chi connectivity index (χ1) is 16.6. The molecule has 4 aromatic rings. The highest BCUT2D eigenvalue weighted by molar-refractivity contribution is 5.79. The number of nitrogens with one attached hydrogen (secondary N) is 1. The molecule has 0 amide bonds. The number of nitrogens with zero attached hydrogens (tertiary/aromatic N) is 4. The van der Waals surface area contributed by atoms with Crippen LogP contribution in [-0.4, -0.2) is 52.3 Å². The molecule has 2 aromatic heterocycles. The molecule has 0 atom stereocenters. The normalized spacial score (nSPS) is 18.4. The Hall–Kier alpha value is -3.16. The van der Waals surface area contributed by atoms with Crippen LogP contribution in [0.5, 0.6) is 0 Å². The molecule has 6 rings (SSSR count). The van der Waals surface area contributed by atoms with Gasteiger partial charge in [-0.1, -0.05) is 12.1 Å². The maximum Gasteiger partial charge on any atom is 0.275 e. The van der Waals surface area contributed by atoms with Gasteiger partial charge in [0.15, 0.2) is 0 Å². The van der Waals surface area contributed by atoms with Gasteiger partial charge in [0.05, 0.1) is 23.2 Å². The average molecular weight is 460 g/mol. The predicted octanol–water partition coefficient (Wildman–Crippen LogP) is 3.69. The van der Waals surface area contributed by atoms with Gasteiger partial charge in [-0.2, -0.15) is 0 Å². The van der Waals surface area contributed by atoms with Gasteiger partial charge in [-0.3, -0.25) is 10.1 Å². The Morgan fingerprint density at radius 3 is 2.41 bits per heavy atom. The molecule has 2 aliphatic rings. The highest BCUT2D eigenvalue weighted by Gasteiger charge is 2.43. The standard InChI is InChI=1S/C27H30FN5O/c28-21-8-10-22(11-9-21)33-20-29-19-27(33)12-17-30(18-13-27)14-4-16-32-24-6-2-1-5-23(24)31-15-3-7-25(31)26(32)34/h1-3,5-11,15,29H,4,12-14,16-20H2. The van der Waals surface area contributed by atoms with E-state index in [1.54, 1.807) is 12.1 Å². The molecule has 2 aliphatic heterocycles. The predicted molar refractivity (Wildman–Crippen MR) is 134 cm³/mol. The summed E-state index contributed by atoms with van der Waals surface area (Å²) in [5.74, 6) is -0.192. The van der Waals surface area contributed by atoms with Crippen LogP contribution < -0.4 is 15.8 Å². The zero-order valence-corrected chi connectivity index (χ0v) is 19.3. The van der Waals surface area contributed by atoms with E-state index in [1.807, 2.05) is 57.6 Å². The summed E-state index contributed by atoms with van der Waals surface area (Å²) in [5.41, 5.74) is 4.05. The van der Waals surface area contributed by atoms with E-state index in [2.05, 4.69) is 21.2 Å². The molecular weight excluding hydrogens is 429 g/mol. The number of rotatable bonds is 5. The van der Waals surface area contributed by atoms with Gasteiger partial charge in [-0.25, -0.2) is 4.39 Å². The number of halogens is 1. The van der Waals surface area contributed by atoms with E-state index in [4.69, 9.17) is 0 Å². The van der Waals surface area contributed by atoms with E-state index in [1.165, 1.54) is 0 Å². The number of aromatic nitrogens is 2.